The predicted molar refractivity (Wildman–Crippen MR) is 85.1 cm³/mol. The van der Waals surface area contributed by atoms with Crippen molar-refractivity contribution in [3.63, 3.8) is 0 Å². The zero-order valence-electron chi connectivity index (χ0n) is 13.2. The normalized spacial score (nSPS) is 11.7. The van der Waals surface area contributed by atoms with Gasteiger partial charge in [-0.2, -0.15) is 0 Å². The predicted octanol–water partition coefficient (Wildman–Crippen LogP) is 2.33. The number of nitrogens with zero attached hydrogens (tertiary/aromatic N) is 3. The summed E-state index contributed by atoms with van der Waals surface area (Å²) in [4.78, 5) is 8.45. The molecular weight excluding hydrogens is 250 g/mol. The van der Waals surface area contributed by atoms with Crippen LogP contribution in [0.2, 0.25) is 0 Å². The van der Waals surface area contributed by atoms with Gasteiger partial charge in [0.2, 0.25) is 0 Å². The summed E-state index contributed by atoms with van der Waals surface area (Å²) in [6, 6.07) is 0. The molecule has 0 atom stereocenters. The summed E-state index contributed by atoms with van der Waals surface area (Å²) in [5.74, 6) is 2.01. The molecule has 5 nitrogen and oxygen atoms in total. The van der Waals surface area contributed by atoms with Gasteiger partial charge in [0.15, 0.2) is 5.96 Å². The summed E-state index contributed by atoms with van der Waals surface area (Å²) in [5.41, 5.74) is 0. The van der Waals surface area contributed by atoms with Crippen molar-refractivity contribution in [3.8, 4) is 0 Å². The first kappa shape index (κ1) is 16.5. The molecule has 0 unspecified atom stereocenters. The third kappa shape index (κ3) is 6.59. The van der Waals surface area contributed by atoms with Gasteiger partial charge < -0.3 is 15.2 Å². The Morgan fingerprint density at radius 1 is 1.20 bits per heavy atom. The molecule has 0 saturated heterocycles. The highest BCUT2D eigenvalue weighted by atomic mass is 15.2. The van der Waals surface area contributed by atoms with Crippen LogP contribution in [0.1, 0.15) is 44.9 Å². The molecular formula is C15H29N5. The van der Waals surface area contributed by atoms with Crippen LogP contribution in [0, 0.1) is 6.92 Å². The van der Waals surface area contributed by atoms with Crippen molar-refractivity contribution in [3.05, 3.63) is 18.2 Å². The molecule has 0 bridgehead atoms. The molecule has 5 heteroatoms. The third-order valence-electron chi connectivity index (χ3n) is 3.34. The van der Waals surface area contributed by atoms with E-state index >= 15 is 0 Å². The topological polar surface area (TPSA) is 54.2 Å². The lowest BCUT2D eigenvalue weighted by Gasteiger charge is -2.11. The fourth-order valence-corrected chi connectivity index (χ4v) is 2.06. The molecule has 114 valence electrons. The van der Waals surface area contributed by atoms with Crippen LogP contribution in [0.25, 0.3) is 0 Å². The number of unbranched alkanes of at least 4 members (excludes halogenated alkanes) is 3. The number of rotatable bonds is 9. The zero-order valence-corrected chi connectivity index (χ0v) is 13.2. The molecule has 0 amide bonds. The molecule has 0 aliphatic heterocycles. The fourth-order valence-electron chi connectivity index (χ4n) is 2.06. The van der Waals surface area contributed by atoms with Crippen LogP contribution in [0.15, 0.2) is 17.4 Å². The quantitative estimate of drug-likeness (QED) is 0.414. The Labute approximate surface area is 122 Å². The van der Waals surface area contributed by atoms with E-state index in [-0.39, 0.29) is 0 Å². The Morgan fingerprint density at radius 2 is 1.90 bits per heavy atom. The zero-order chi connectivity index (χ0) is 14.6. The number of guanidine groups is 1. The lowest BCUT2D eigenvalue weighted by molar-refractivity contribution is 0.587. The number of aryl methyl sites for hydroxylation is 2. The van der Waals surface area contributed by atoms with E-state index in [1.54, 1.807) is 0 Å². The van der Waals surface area contributed by atoms with E-state index in [2.05, 4.69) is 32.1 Å². The van der Waals surface area contributed by atoms with Crippen LogP contribution in [-0.2, 0) is 6.54 Å². The Kier molecular flexibility index (Phi) is 8.51. The minimum Gasteiger partial charge on any atom is -0.356 e. The van der Waals surface area contributed by atoms with Gasteiger partial charge in [0.05, 0.1) is 0 Å². The molecule has 0 fully saturated rings. The molecule has 1 aromatic rings. The lowest BCUT2D eigenvalue weighted by atomic mass is 10.2. The van der Waals surface area contributed by atoms with Crippen molar-refractivity contribution in [2.75, 3.05) is 20.1 Å². The molecule has 1 rings (SSSR count). The van der Waals surface area contributed by atoms with Gasteiger partial charge >= 0.3 is 0 Å². The van der Waals surface area contributed by atoms with Gasteiger partial charge in [0.1, 0.15) is 5.82 Å². The minimum absolute atomic E-state index is 0.917. The summed E-state index contributed by atoms with van der Waals surface area (Å²) < 4.78 is 2.19. The Bertz CT molecular complexity index is 383. The second-order valence-electron chi connectivity index (χ2n) is 5.01. The second kappa shape index (κ2) is 10.3. The smallest absolute Gasteiger partial charge is 0.190 e. The summed E-state index contributed by atoms with van der Waals surface area (Å²) in [6.45, 7) is 7.26. The van der Waals surface area contributed by atoms with Crippen LogP contribution in [0.4, 0.5) is 0 Å². The maximum atomic E-state index is 4.23. The maximum Gasteiger partial charge on any atom is 0.190 e. The van der Waals surface area contributed by atoms with Crippen molar-refractivity contribution < 1.29 is 0 Å². The first-order chi connectivity index (χ1) is 9.77. The Hall–Kier alpha value is -1.52. The van der Waals surface area contributed by atoms with E-state index in [1.165, 1.54) is 19.3 Å². The molecule has 1 heterocycles. The van der Waals surface area contributed by atoms with E-state index in [1.807, 2.05) is 26.4 Å². The third-order valence-corrected chi connectivity index (χ3v) is 3.34. The van der Waals surface area contributed by atoms with Crippen molar-refractivity contribution in [1.82, 2.24) is 20.2 Å². The van der Waals surface area contributed by atoms with Crippen LogP contribution in [0.3, 0.4) is 0 Å². The van der Waals surface area contributed by atoms with Gasteiger partial charge in [-0.25, -0.2) is 4.98 Å². The van der Waals surface area contributed by atoms with E-state index in [0.717, 1.165) is 44.3 Å². The molecule has 0 radical (unpaired) electrons. The summed E-state index contributed by atoms with van der Waals surface area (Å²) in [6.07, 6.45) is 9.91. The standard InChI is InChI=1S/C15H29N5/c1-4-5-6-9-18-15(16-3)19-10-7-8-12-20-13-11-17-14(20)2/h11,13H,4-10,12H2,1-3H3,(H2,16,18,19). The lowest BCUT2D eigenvalue weighted by Crippen LogP contribution is -2.38. The van der Waals surface area contributed by atoms with Gasteiger partial charge in [0.25, 0.3) is 0 Å². The van der Waals surface area contributed by atoms with Crippen molar-refractivity contribution in [1.29, 1.82) is 0 Å². The molecule has 2 N–H and O–H groups in total. The molecule has 0 aliphatic carbocycles. The largest absolute Gasteiger partial charge is 0.356 e. The maximum absolute atomic E-state index is 4.23. The molecule has 20 heavy (non-hydrogen) atoms. The van der Waals surface area contributed by atoms with Crippen LogP contribution >= 0.6 is 0 Å². The van der Waals surface area contributed by atoms with Crippen LogP contribution in [-0.4, -0.2) is 35.6 Å². The van der Waals surface area contributed by atoms with E-state index in [0.29, 0.717) is 0 Å². The summed E-state index contributed by atoms with van der Waals surface area (Å²) >= 11 is 0. The number of imidazole rings is 1. The van der Waals surface area contributed by atoms with Crippen molar-refractivity contribution >= 4 is 5.96 Å². The fraction of sp³-hybridized carbons (Fsp3) is 0.733. The molecule has 1 aromatic heterocycles. The van der Waals surface area contributed by atoms with Crippen molar-refractivity contribution in [2.45, 2.75) is 52.5 Å². The van der Waals surface area contributed by atoms with Gasteiger partial charge in [-0.1, -0.05) is 19.8 Å². The second-order valence-corrected chi connectivity index (χ2v) is 5.01. The average Bonchev–Trinajstić information content (AvgIpc) is 2.86. The van der Waals surface area contributed by atoms with E-state index in [9.17, 15) is 0 Å². The summed E-state index contributed by atoms with van der Waals surface area (Å²) in [5, 5.41) is 6.70. The van der Waals surface area contributed by atoms with Gasteiger partial charge in [-0.3, -0.25) is 4.99 Å². The van der Waals surface area contributed by atoms with Crippen molar-refractivity contribution in [2.24, 2.45) is 4.99 Å². The average molecular weight is 279 g/mol. The van der Waals surface area contributed by atoms with Gasteiger partial charge in [0, 0.05) is 39.1 Å². The highest BCUT2D eigenvalue weighted by molar-refractivity contribution is 5.79. The Balaban J connectivity index is 2.05. The number of aromatic nitrogens is 2. The van der Waals surface area contributed by atoms with Crippen LogP contribution < -0.4 is 10.6 Å². The number of aliphatic imine (C=N–C) groups is 1. The highest BCUT2D eigenvalue weighted by Crippen LogP contribution is 1.99. The molecule has 0 saturated carbocycles. The minimum atomic E-state index is 0.917. The number of hydrogen-bond donors (Lipinski definition) is 2. The monoisotopic (exact) mass is 279 g/mol. The molecule has 0 aromatic carbocycles. The Morgan fingerprint density at radius 3 is 2.45 bits per heavy atom. The van der Waals surface area contributed by atoms with Gasteiger partial charge in [-0.05, 0) is 26.2 Å². The first-order valence-corrected chi connectivity index (χ1v) is 7.70. The van der Waals surface area contributed by atoms with E-state index < -0.39 is 0 Å². The summed E-state index contributed by atoms with van der Waals surface area (Å²) in [7, 11) is 1.82. The first-order valence-electron chi connectivity index (χ1n) is 7.70. The van der Waals surface area contributed by atoms with Gasteiger partial charge in [-0.15, -0.1) is 0 Å². The van der Waals surface area contributed by atoms with Crippen LogP contribution in [0.5, 0.6) is 0 Å². The number of nitrogens with one attached hydrogen (secondary N) is 2. The number of hydrogen-bond acceptors (Lipinski definition) is 2. The highest BCUT2D eigenvalue weighted by Gasteiger charge is 1.98. The SMILES string of the molecule is CCCCCNC(=NC)NCCCCn1ccnc1C. The van der Waals surface area contributed by atoms with E-state index in [4.69, 9.17) is 0 Å². The molecule has 0 spiro atoms. The molecule has 0 aliphatic rings.